The zero-order chi connectivity index (χ0) is 19.1. The number of carbonyl (C=O) groups is 2. The number of rotatable bonds is 5. The highest BCUT2D eigenvalue weighted by atomic mass is 32.1. The van der Waals surface area contributed by atoms with Gasteiger partial charge in [-0.25, -0.2) is 4.98 Å². The fraction of sp³-hybridized carbons (Fsp3) is 0.450. The predicted molar refractivity (Wildman–Crippen MR) is 103 cm³/mol. The number of aliphatic carboxylic acids is 1. The maximum Gasteiger partial charge on any atom is 0.310 e. The van der Waals surface area contributed by atoms with Crippen molar-refractivity contribution < 1.29 is 19.4 Å². The Morgan fingerprint density at radius 2 is 1.85 bits per heavy atom. The lowest BCUT2D eigenvalue weighted by molar-refractivity contribution is -0.147. The fourth-order valence-electron chi connectivity index (χ4n) is 4.02. The lowest BCUT2D eigenvalue weighted by Gasteiger charge is -2.23. The third kappa shape index (κ3) is 3.37. The van der Waals surface area contributed by atoms with Gasteiger partial charge in [0.2, 0.25) is 5.91 Å². The van der Waals surface area contributed by atoms with Crippen LogP contribution < -0.4 is 5.32 Å². The lowest BCUT2D eigenvalue weighted by atomic mass is 9.79. The maximum atomic E-state index is 12.7. The third-order valence-electron chi connectivity index (χ3n) is 5.47. The molecule has 0 spiro atoms. The average Bonchev–Trinajstić information content (AvgIpc) is 3.37. The zero-order valence-electron chi connectivity index (χ0n) is 15.2. The van der Waals surface area contributed by atoms with Crippen molar-refractivity contribution in [2.75, 3.05) is 5.32 Å². The Balaban J connectivity index is 1.47. The van der Waals surface area contributed by atoms with Crippen molar-refractivity contribution >= 4 is 28.3 Å². The van der Waals surface area contributed by atoms with Crippen molar-refractivity contribution in [3.05, 3.63) is 35.2 Å². The number of nitrogens with one attached hydrogen (secondary N) is 1. The van der Waals surface area contributed by atoms with Gasteiger partial charge < -0.3 is 15.2 Å². The molecule has 1 amide bonds. The summed E-state index contributed by atoms with van der Waals surface area (Å²) in [5.74, 6) is -2.24. The molecule has 4 atom stereocenters. The second kappa shape index (κ2) is 7.05. The molecular formula is C20H22N2O4S. The second-order valence-corrected chi connectivity index (χ2v) is 8.34. The van der Waals surface area contributed by atoms with Crippen LogP contribution in [0.3, 0.4) is 0 Å². The summed E-state index contributed by atoms with van der Waals surface area (Å²) in [6, 6.07) is 8.23. The average molecular weight is 386 g/mol. The first-order chi connectivity index (χ1) is 12.9. The molecule has 2 fully saturated rings. The van der Waals surface area contributed by atoms with Crippen molar-refractivity contribution in [2.45, 2.75) is 44.8 Å². The topological polar surface area (TPSA) is 88.5 Å². The first kappa shape index (κ1) is 18.1. The number of fused-ring (bicyclic) bond motifs is 2. The lowest BCUT2D eigenvalue weighted by Crippen LogP contribution is -2.40. The summed E-state index contributed by atoms with van der Waals surface area (Å²) >= 11 is 1.34. The molecule has 1 aromatic heterocycles. The molecule has 0 unspecified atom stereocenters. The number of carboxylic acid groups (broad SMARTS) is 1. The van der Waals surface area contributed by atoms with Gasteiger partial charge in [-0.1, -0.05) is 38.1 Å². The van der Waals surface area contributed by atoms with E-state index in [0.29, 0.717) is 17.5 Å². The van der Waals surface area contributed by atoms with E-state index < -0.39 is 17.8 Å². The Hall–Kier alpha value is -2.25. The molecule has 0 saturated carbocycles. The highest BCUT2D eigenvalue weighted by molar-refractivity contribution is 7.14. The van der Waals surface area contributed by atoms with Crippen LogP contribution in [0.2, 0.25) is 0 Å². The Morgan fingerprint density at radius 3 is 2.48 bits per heavy atom. The zero-order valence-corrected chi connectivity index (χ0v) is 16.0. The fourth-order valence-corrected chi connectivity index (χ4v) is 4.74. The molecule has 27 heavy (non-hydrogen) atoms. The van der Waals surface area contributed by atoms with Crippen LogP contribution in [-0.4, -0.2) is 34.2 Å². The molecule has 2 bridgehead atoms. The molecule has 6 nitrogen and oxygen atoms in total. The summed E-state index contributed by atoms with van der Waals surface area (Å²) in [6.45, 7) is 4.30. The number of thiazole rings is 1. The number of nitrogens with zero attached hydrogens (tertiary/aromatic N) is 1. The summed E-state index contributed by atoms with van der Waals surface area (Å²) in [4.78, 5) is 28.7. The number of hydrogen-bond donors (Lipinski definition) is 2. The minimum absolute atomic E-state index is 0.306. The standard InChI is InChI=1S/C20H22N2O4S/c1-10(2)11-3-5-12(6-4-11)13-9-27-20(21-13)22-18(23)16-14-7-8-15(26-14)17(16)19(24)25/h3-6,9-10,14-17H,7-8H2,1-2H3,(H,24,25)(H,21,22,23)/t14-,15-,16-,17-/m0/s1. The summed E-state index contributed by atoms with van der Waals surface area (Å²) in [6.07, 6.45) is 0.783. The first-order valence-electron chi connectivity index (χ1n) is 9.19. The smallest absolute Gasteiger partial charge is 0.310 e. The SMILES string of the molecule is CC(C)c1ccc(-c2csc(NC(=O)[C@@H]3[C@@H](C(=O)O)[C@@H]4CC[C@@H]3O4)n2)cc1. The largest absolute Gasteiger partial charge is 0.481 e. The number of ether oxygens (including phenoxy) is 1. The summed E-state index contributed by atoms with van der Waals surface area (Å²) in [5.41, 5.74) is 3.05. The van der Waals surface area contributed by atoms with Gasteiger partial charge in [-0.15, -0.1) is 11.3 Å². The number of benzene rings is 1. The molecule has 2 saturated heterocycles. The molecule has 3 heterocycles. The number of aromatic nitrogens is 1. The predicted octanol–water partition coefficient (Wildman–Crippen LogP) is 3.75. The molecule has 7 heteroatoms. The highest BCUT2D eigenvalue weighted by Crippen LogP contribution is 2.44. The van der Waals surface area contributed by atoms with Crippen LogP contribution in [0.1, 0.15) is 38.2 Å². The van der Waals surface area contributed by atoms with E-state index in [1.54, 1.807) is 0 Å². The molecule has 2 aromatic rings. The molecule has 142 valence electrons. The Morgan fingerprint density at radius 1 is 1.19 bits per heavy atom. The molecule has 4 rings (SSSR count). The van der Waals surface area contributed by atoms with Crippen LogP contribution in [-0.2, 0) is 14.3 Å². The van der Waals surface area contributed by atoms with Gasteiger partial charge in [-0.2, -0.15) is 0 Å². The van der Waals surface area contributed by atoms with Gasteiger partial charge in [0.1, 0.15) is 0 Å². The van der Waals surface area contributed by atoms with Crippen molar-refractivity contribution in [3.8, 4) is 11.3 Å². The van der Waals surface area contributed by atoms with Crippen molar-refractivity contribution in [2.24, 2.45) is 11.8 Å². The Bertz CT molecular complexity index is 861. The van der Waals surface area contributed by atoms with Crippen LogP contribution in [0, 0.1) is 11.8 Å². The number of carbonyl (C=O) groups excluding carboxylic acids is 1. The molecule has 2 aliphatic heterocycles. The van der Waals surface area contributed by atoms with Crippen LogP contribution in [0.5, 0.6) is 0 Å². The minimum Gasteiger partial charge on any atom is -0.481 e. The third-order valence-corrected chi connectivity index (χ3v) is 6.23. The van der Waals surface area contributed by atoms with Crippen molar-refractivity contribution in [3.63, 3.8) is 0 Å². The second-order valence-electron chi connectivity index (χ2n) is 7.48. The van der Waals surface area contributed by atoms with E-state index in [1.807, 2.05) is 17.5 Å². The molecule has 2 N–H and O–H groups in total. The summed E-state index contributed by atoms with van der Waals surface area (Å²) in [5, 5.41) is 14.6. The van der Waals surface area contributed by atoms with Crippen LogP contribution in [0.4, 0.5) is 5.13 Å². The summed E-state index contributed by atoms with van der Waals surface area (Å²) in [7, 11) is 0. The van der Waals surface area contributed by atoms with E-state index in [-0.39, 0.29) is 18.1 Å². The van der Waals surface area contributed by atoms with E-state index in [4.69, 9.17) is 4.74 Å². The first-order valence-corrected chi connectivity index (χ1v) is 10.1. The monoisotopic (exact) mass is 386 g/mol. The van der Waals surface area contributed by atoms with E-state index >= 15 is 0 Å². The minimum atomic E-state index is -0.965. The van der Waals surface area contributed by atoms with Gasteiger partial charge >= 0.3 is 5.97 Å². The molecular weight excluding hydrogens is 364 g/mol. The van der Waals surface area contributed by atoms with E-state index in [9.17, 15) is 14.7 Å². The van der Waals surface area contributed by atoms with Gasteiger partial charge in [-0.05, 0) is 24.3 Å². The number of anilines is 1. The number of carboxylic acids is 1. The Kier molecular flexibility index (Phi) is 4.74. The highest BCUT2D eigenvalue weighted by Gasteiger charge is 2.55. The molecule has 2 aliphatic rings. The molecule has 0 aliphatic carbocycles. The van der Waals surface area contributed by atoms with Crippen LogP contribution in [0.25, 0.3) is 11.3 Å². The maximum absolute atomic E-state index is 12.7. The van der Waals surface area contributed by atoms with E-state index in [0.717, 1.165) is 17.7 Å². The van der Waals surface area contributed by atoms with Gasteiger partial charge in [-0.3, -0.25) is 9.59 Å². The normalized spacial score (nSPS) is 26.5. The van der Waals surface area contributed by atoms with Crippen molar-refractivity contribution in [1.29, 1.82) is 0 Å². The van der Waals surface area contributed by atoms with Gasteiger partial charge in [0.25, 0.3) is 0 Å². The number of amides is 1. The van der Waals surface area contributed by atoms with Crippen LogP contribution in [0.15, 0.2) is 29.6 Å². The van der Waals surface area contributed by atoms with Crippen molar-refractivity contribution in [1.82, 2.24) is 4.98 Å². The van der Waals surface area contributed by atoms with Gasteiger partial charge in [0.05, 0.1) is 29.7 Å². The molecule has 1 aromatic carbocycles. The van der Waals surface area contributed by atoms with E-state index in [2.05, 4.69) is 36.3 Å². The van der Waals surface area contributed by atoms with Gasteiger partial charge in [0, 0.05) is 10.9 Å². The van der Waals surface area contributed by atoms with Crippen LogP contribution >= 0.6 is 11.3 Å². The Labute approximate surface area is 161 Å². The quantitative estimate of drug-likeness (QED) is 0.817. The number of hydrogen-bond acceptors (Lipinski definition) is 5. The van der Waals surface area contributed by atoms with E-state index in [1.165, 1.54) is 16.9 Å². The molecule has 0 radical (unpaired) electrons. The summed E-state index contributed by atoms with van der Waals surface area (Å²) < 4.78 is 5.66. The van der Waals surface area contributed by atoms with Gasteiger partial charge in [0.15, 0.2) is 5.13 Å².